The summed E-state index contributed by atoms with van der Waals surface area (Å²) in [5.41, 5.74) is 1.07. The second kappa shape index (κ2) is 5.72. The summed E-state index contributed by atoms with van der Waals surface area (Å²) >= 11 is 1.45. The maximum Gasteiger partial charge on any atom is 0.138 e. The van der Waals surface area contributed by atoms with Crippen LogP contribution in [0.4, 0.5) is 0 Å². The first-order valence-corrected chi connectivity index (χ1v) is 5.22. The fraction of sp³-hybridized carbons (Fsp3) is 0.333. The second-order valence-corrected chi connectivity index (χ2v) is 3.27. The highest BCUT2D eigenvalue weighted by Gasteiger charge is 2.06. The van der Waals surface area contributed by atoms with Gasteiger partial charge in [-0.3, -0.25) is 9.71 Å². The monoisotopic (exact) mass is 196 g/mol. The molecular formula is C9H12N2OS. The quantitative estimate of drug-likeness (QED) is 0.565. The first-order chi connectivity index (χ1) is 6.36. The third kappa shape index (κ3) is 3.57. The van der Waals surface area contributed by atoms with Crippen molar-refractivity contribution in [2.24, 2.45) is 0 Å². The van der Waals surface area contributed by atoms with Gasteiger partial charge in [0.2, 0.25) is 0 Å². The van der Waals surface area contributed by atoms with Gasteiger partial charge in [0, 0.05) is 12.4 Å². The second-order valence-electron chi connectivity index (χ2n) is 2.63. The lowest BCUT2D eigenvalue weighted by Gasteiger charge is -2.09. The molecule has 1 atom stereocenters. The SMILES string of the molecule is CSNC(C=O)Cc1cccnc1. The van der Waals surface area contributed by atoms with Gasteiger partial charge < -0.3 is 4.79 Å². The molecule has 0 saturated carbocycles. The smallest absolute Gasteiger partial charge is 0.138 e. The molecule has 1 heterocycles. The minimum atomic E-state index is -0.126. The van der Waals surface area contributed by atoms with Gasteiger partial charge in [-0.2, -0.15) is 0 Å². The van der Waals surface area contributed by atoms with Crippen LogP contribution < -0.4 is 4.72 Å². The van der Waals surface area contributed by atoms with Crippen molar-refractivity contribution in [3.63, 3.8) is 0 Å². The van der Waals surface area contributed by atoms with Crippen LogP contribution >= 0.6 is 11.9 Å². The molecule has 4 heteroatoms. The maximum absolute atomic E-state index is 10.6. The molecule has 0 radical (unpaired) electrons. The average Bonchev–Trinajstić information content (AvgIpc) is 2.19. The number of nitrogens with one attached hydrogen (secondary N) is 1. The number of hydrogen-bond donors (Lipinski definition) is 1. The zero-order valence-corrected chi connectivity index (χ0v) is 8.25. The predicted octanol–water partition coefficient (Wildman–Crippen LogP) is 1.06. The zero-order chi connectivity index (χ0) is 9.52. The molecule has 13 heavy (non-hydrogen) atoms. The lowest BCUT2D eigenvalue weighted by atomic mass is 10.1. The molecule has 0 fully saturated rings. The Balaban J connectivity index is 2.51. The topological polar surface area (TPSA) is 42.0 Å². The van der Waals surface area contributed by atoms with Crippen LogP contribution in [0.1, 0.15) is 5.56 Å². The number of carbonyl (C=O) groups excluding carboxylic acids is 1. The van der Waals surface area contributed by atoms with Gasteiger partial charge in [0.05, 0.1) is 6.04 Å². The Morgan fingerprint density at radius 2 is 2.62 bits per heavy atom. The van der Waals surface area contributed by atoms with Gasteiger partial charge in [-0.15, -0.1) is 0 Å². The van der Waals surface area contributed by atoms with Gasteiger partial charge in [0.1, 0.15) is 6.29 Å². The van der Waals surface area contributed by atoms with E-state index in [9.17, 15) is 4.79 Å². The highest BCUT2D eigenvalue weighted by atomic mass is 32.2. The van der Waals surface area contributed by atoms with Crippen molar-refractivity contribution in [1.82, 2.24) is 9.71 Å². The summed E-state index contributed by atoms with van der Waals surface area (Å²) in [5.74, 6) is 0. The van der Waals surface area contributed by atoms with Gasteiger partial charge in [-0.1, -0.05) is 18.0 Å². The van der Waals surface area contributed by atoms with Gasteiger partial charge in [-0.25, -0.2) is 0 Å². The highest BCUT2D eigenvalue weighted by molar-refractivity contribution is 7.96. The van der Waals surface area contributed by atoms with Crippen LogP contribution in [0.15, 0.2) is 24.5 Å². The van der Waals surface area contributed by atoms with Crippen molar-refractivity contribution in [2.45, 2.75) is 12.5 Å². The molecule has 0 aliphatic heterocycles. The molecule has 1 aromatic rings. The minimum Gasteiger partial charge on any atom is -0.302 e. The predicted molar refractivity (Wildman–Crippen MR) is 54.4 cm³/mol. The van der Waals surface area contributed by atoms with Crippen molar-refractivity contribution in [1.29, 1.82) is 0 Å². The van der Waals surface area contributed by atoms with Crippen LogP contribution in [-0.4, -0.2) is 23.6 Å². The molecule has 0 aliphatic carbocycles. The minimum absolute atomic E-state index is 0.126. The molecule has 3 nitrogen and oxygen atoms in total. The fourth-order valence-electron chi connectivity index (χ4n) is 1.04. The van der Waals surface area contributed by atoms with E-state index in [1.807, 2.05) is 18.4 Å². The number of nitrogens with zero attached hydrogens (tertiary/aromatic N) is 1. The largest absolute Gasteiger partial charge is 0.302 e. The molecule has 70 valence electrons. The Bertz CT molecular complexity index is 253. The summed E-state index contributed by atoms with van der Waals surface area (Å²) in [6.07, 6.45) is 7.02. The van der Waals surface area contributed by atoms with E-state index >= 15 is 0 Å². The van der Waals surface area contributed by atoms with Crippen molar-refractivity contribution >= 4 is 18.2 Å². The van der Waals surface area contributed by atoms with Gasteiger partial charge in [0.15, 0.2) is 0 Å². The van der Waals surface area contributed by atoms with Gasteiger partial charge >= 0.3 is 0 Å². The maximum atomic E-state index is 10.6. The first kappa shape index (κ1) is 10.2. The summed E-state index contributed by atoms with van der Waals surface area (Å²) < 4.78 is 3.00. The van der Waals surface area contributed by atoms with E-state index in [0.29, 0.717) is 6.42 Å². The Kier molecular flexibility index (Phi) is 4.49. The normalized spacial score (nSPS) is 12.4. The van der Waals surface area contributed by atoms with Crippen molar-refractivity contribution < 1.29 is 4.79 Å². The van der Waals surface area contributed by atoms with Crippen LogP contribution in [0.3, 0.4) is 0 Å². The Morgan fingerprint density at radius 1 is 1.77 bits per heavy atom. The number of hydrogen-bond acceptors (Lipinski definition) is 4. The molecule has 0 aromatic carbocycles. The molecule has 0 bridgehead atoms. The molecule has 0 saturated heterocycles. The molecule has 1 rings (SSSR count). The lowest BCUT2D eigenvalue weighted by molar-refractivity contribution is -0.109. The Morgan fingerprint density at radius 3 is 3.15 bits per heavy atom. The van der Waals surface area contributed by atoms with Crippen LogP contribution in [0.5, 0.6) is 0 Å². The van der Waals surface area contributed by atoms with E-state index in [1.165, 1.54) is 11.9 Å². The van der Waals surface area contributed by atoms with E-state index < -0.39 is 0 Å². The van der Waals surface area contributed by atoms with E-state index in [2.05, 4.69) is 9.71 Å². The van der Waals surface area contributed by atoms with E-state index in [-0.39, 0.29) is 6.04 Å². The summed E-state index contributed by atoms with van der Waals surface area (Å²) in [4.78, 5) is 14.6. The molecule has 0 aliphatic rings. The molecule has 1 aromatic heterocycles. The Hall–Kier alpha value is -0.870. The molecule has 0 spiro atoms. The van der Waals surface area contributed by atoms with Crippen LogP contribution in [0, 0.1) is 0 Å². The number of carbonyl (C=O) groups is 1. The molecule has 1 N–H and O–H groups in total. The van der Waals surface area contributed by atoms with Crippen LogP contribution in [-0.2, 0) is 11.2 Å². The van der Waals surface area contributed by atoms with Gasteiger partial charge in [-0.05, 0) is 24.3 Å². The molecule has 0 amide bonds. The van der Waals surface area contributed by atoms with Crippen molar-refractivity contribution in [3.05, 3.63) is 30.1 Å². The summed E-state index contributed by atoms with van der Waals surface area (Å²) in [5, 5.41) is 0. The Labute approximate surface area is 82.1 Å². The number of aromatic nitrogens is 1. The first-order valence-electron chi connectivity index (χ1n) is 3.99. The summed E-state index contributed by atoms with van der Waals surface area (Å²) in [6, 6.07) is 3.71. The molecular weight excluding hydrogens is 184 g/mol. The molecule has 1 unspecified atom stereocenters. The van der Waals surface area contributed by atoms with E-state index in [0.717, 1.165) is 11.8 Å². The van der Waals surface area contributed by atoms with Crippen LogP contribution in [0.25, 0.3) is 0 Å². The van der Waals surface area contributed by atoms with E-state index in [1.54, 1.807) is 12.4 Å². The standard InChI is InChI=1S/C9H12N2OS/c1-13-11-9(7-12)5-8-3-2-4-10-6-8/h2-4,6-7,9,11H,5H2,1H3. The van der Waals surface area contributed by atoms with Crippen LogP contribution in [0.2, 0.25) is 0 Å². The summed E-state index contributed by atoms with van der Waals surface area (Å²) in [6.45, 7) is 0. The third-order valence-corrected chi connectivity index (χ3v) is 2.15. The van der Waals surface area contributed by atoms with Crippen molar-refractivity contribution in [2.75, 3.05) is 6.26 Å². The third-order valence-electron chi connectivity index (χ3n) is 1.61. The van der Waals surface area contributed by atoms with Crippen molar-refractivity contribution in [3.8, 4) is 0 Å². The zero-order valence-electron chi connectivity index (χ0n) is 7.43. The van der Waals surface area contributed by atoms with E-state index in [4.69, 9.17) is 0 Å². The summed E-state index contributed by atoms with van der Waals surface area (Å²) in [7, 11) is 0. The number of rotatable bonds is 5. The average molecular weight is 196 g/mol. The lowest BCUT2D eigenvalue weighted by Crippen LogP contribution is -2.26. The fourth-order valence-corrected chi connectivity index (χ4v) is 1.48. The van der Waals surface area contributed by atoms with Gasteiger partial charge in [0.25, 0.3) is 0 Å². The number of aldehydes is 1. The highest BCUT2D eigenvalue weighted by Crippen LogP contribution is 2.01. The number of pyridine rings is 1.